The Bertz CT molecular complexity index is 656. The van der Waals surface area contributed by atoms with E-state index < -0.39 is 0 Å². The largest absolute Gasteiger partial charge is 0.0654 e. The zero-order valence-electron chi connectivity index (χ0n) is 18.3. The minimum atomic E-state index is 0.789. The van der Waals surface area contributed by atoms with E-state index in [-0.39, 0.29) is 0 Å². The van der Waals surface area contributed by atoms with E-state index in [1.807, 2.05) is 0 Å². The van der Waals surface area contributed by atoms with Gasteiger partial charge in [-0.25, -0.2) is 0 Å². The van der Waals surface area contributed by atoms with Gasteiger partial charge in [-0.05, 0) is 66.2 Å². The Morgan fingerprint density at radius 3 is 1.86 bits per heavy atom. The summed E-state index contributed by atoms with van der Waals surface area (Å²) in [5, 5.41) is 0. The van der Waals surface area contributed by atoms with Crippen molar-refractivity contribution in [2.75, 3.05) is 0 Å². The third-order valence-corrected chi connectivity index (χ3v) is 6.77. The van der Waals surface area contributed by atoms with Gasteiger partial charge in [0, 0.05) is 0 Å². The fourth-order valence-electron chi connectivity index (χ4n) is 4.92. The Balaban J connectivity index is 1.46. The number of rotatable bonds is 10. The normalized spacial score (nSPS) is 19.6. The van der Waals surface area contributed by atoms with Crippen LogP contribution < -0.4 is 0 Å². The molecular formula is C28H40. The van der Waals surface area contributed by atoms with Crippen LogP contribution in [0.2, 0.25) is 0 Å². The molecule has 0 aliphatic heterocycles. The zero-order chi connectivity index (χ0) is 19.6. The number of hydrogen-bond donors (Lipinski definition) is 0. The molecule has 152 valence electrons. The van der Waals surface area contributed by atoms with Crippen LogP contribution in [0, 0.1) is 5.92 Å². The number of aryl methyl sites for hydroxylation is 1. The summed E-state index contributed by atoms with van der Waals surface area (Å²) >= 11 is 0. The molecule has 0 N–H and O–H groups in total. The molecule has 0 unspecified atom stereocenters. The summed E-state index contributed by atoms with van der Waals surface area (Å²) in [5.41, 5.74) is 5.71. The van der Waals surface area contributed by atoms with Gasteiger partial charge in [-0.1, -0.05) is 107 Å². The van der Waals surface area contributed by atoms with E-state index in [4.69, 9.17) is 0 Å². The van der Waals surface area contributed by atoms with Crippen molar-refractivity contribution >= 4 is 0 Å². The molecule has 0 heteroatoms. The fraction of sp³-hybridized carbons (Fsp3) is 0.571. The van der Waals surface area contributed by atoms with Crippen LogP contribution in [0.3, 0.4) is 0 Å². The highest BCUT2D eigenvalue weighted by Crippen LogP contribution is 2.38. The van der Waals surface area contributed by atoms with Crippen molar-refractivity contribution in [1.29, 1.82) is 0 Å². The van der Waals surface area contributed by atoms with E-state index in [9.17, 15) is 0 Å². The SMILES string of the molecule is CCCCCCCC1CCC(c2ccc(-c3ccc(CCC)cc3)cc2)CC1. The van der Waals surface area contributed by atoms with E-state index in [1.54, 1.807) is 5.56 Å². The van der Waals surface area contributed by atoms with Crippen LogP contribution in [0.4, 0.5) is 0 Å². The predicted molar refractivity (Wildman–Crippen MR) is 124 cm³/mol. The molecule has 3 rings (SSSR count). The topological polar surface area (TPSA) is 0 Å². The van der Waals surface area contributed by atoms with Gasteiger partial charge in [0.2, 0.25) is 0 Å². The molecular weight excluding hydrogens is 336 g/mol. The average molecular weight is 377 g/mol. The van der Waals surface area contributed by atoms with Crippen LogP contribution in [0.15, 0.2) is 48.5 Å². The minimum Gasteiger partial charge on any atom is -0.0654 e. The molecule has 0 bridgehead atoms. The van der Waals surface area contributed by atoms with Crippen molar-refractivity contribution in [3.05, 3.63) is 59.7 Å². The Kier molecular flexibility index (Phi) is 8.65. The van der Waals surface area contributed by atoms with Crippen LogP contribution in [0.1, 0.15) is 102 Å². The van der Waals surface area contributed by atoms with Gasteiger partial charge in [-0.2, -0.15) is 0 Å². The first kappa shape index (κ1) is 21.2. The maximum atomic E-state index is 2.39. The maximum Gasteiger partial charge on any atom is -0.0162 e. The lowest BCUT2D eigenvalue weighted by atomic mass is 9.77. The van der Waals surface area contributed by atoms with Crippen molar-refractivity contribution in [2.45, 2.75) is 96.8 Å². The molecule has 28 heavy (non-hydrogen) atoms. The standard InChI is InChI=1S/C28H40/c1-3-5-6-7-8-10-24-13-17-26(18-14-24)28-21-19-27(20-22-28)25-15-11-23(9-4-2)12-16-25/h11-12,15-16,19-22,24,26H,3-10,13-14,17-18H2,1-2H3. The maximum absolute atomic E-state index is 2.39. The van der Waals surface area contributed by atoms with Crippen molar-refractivity contribution in [1.82, 2.24) is 0 Å². The zero-order valence-corrected chi connectivity index (χ0v) is 18.3. The predicted octanol–water partition coefficient (Wildman–Crippen LogP) is 8.94. The Hall–Kier alpha value is -1.56. The molecule has 2 aromatic carbocycles. The first-order chi connectivity index (χ1) is 13.8. The molecule has 1 aliphatic rings. The third kappa shape index (κ3) is 6.23. The summed E-state index contributed by atoms with van der Waals surface area (Å²) in [7, 11) is 0. The third-order valence-electron chi connectivity index (χ3n) is 6.77. The van der Waals surface area contributed by atoms with Crippen molar-refractivity contribution in [3.8, 4) is 11.1 Å². The van der Waals surface area contributed by atoms with Crippen molar-refractivity contribution in [2.24, 2.45) is 5.92 Å². The summed E-state index contributed by atoms with van der Waals surface area (Å²) in [6.07, 6.45) is 16.7. The van der Waals surface area contributed by atoms with Gasteiger partial charge in [-0.15, -0.1) is 0 Å². The van der Waals surface area contributed by atoms with Gasteiger partial charge in [-0.3, -0.25) is 0 Å². The highest BCUT2D eigenvalue weighted by molar-refractivity contribution is 5.64. The van der Waals surface area contributed by atoms with Crippen LogP contribution in [-0.2, 0) is 6.42 Å². The lowest BCUT2D eigenvalue weighted by Crippen LogP contribution is -2.13. The lowest BCUT2D eigenvalue weighted by molar-refractivity contribution is 0.302. The second kappa shape index (κ2) is 11.4. The molecule has 0 aromatic heterocycles. The summed E-state index contributed by atoms with van der Waals surface area (Å²) < 4.78 is 0. The molecule has 0 heterocycles. The molecule has 0 atom stereocenters. The molecule has 2 aromatic rings. The minimum absolute atomic E-state index is 0.789. The molecule has 1 fully saturated rings. The van der Waals surface area contributed by atoms with Crippen LogP contribution >= 0.6 is 0 Å². The molecule has 0 nitrogen and oxygen atoms in total. The molecule has 1 aliphatic carbocycles. The van der Waals surface area contributed by atoms with E-state index >= 15 is 0 Å². The smallest absolute Gasteiger partial charge is 0.0162 e. The van der Waals surface area contributed by atoms with E-state index in [0.717, 1.165) is 11.8 Å². The quantitative estimate of drug-likeness (QED) is 0.363. The molecule has 0 saturated heterocycles. The van der Waals surface area contributed by atoms with Gasteiger partial charge in [0.15, 0.2) is 0 Å². The van der Waals surface area contributed by atoms with Gasteiger partial charge < -0.3 is 0 Å². The van der Waals surface area contributed by atoms with E-state index in [0.29, 0.717) is 0 Å². The number of benzene rings is 2. The Labute approximate surface area is 173 Å². The Morgan fingerprint density at radius 2 is 1.25 bits per heavy atom. The van der Waals surface area contributed by atoms with Gasteiger partial charge in [0.1, 0.15) is 0 Å². The monoisotopic (exact) mass is 376 g/mol. The van der Waals surface area contributed by atoms with Gasteiger partial charge in [0.25, 0.3) is 0 Å². The summed E-state index contributed by atoms with van der Waals surface area (Å²) in [6, 6.07) is 18.6. The molecule has 0 amide bonds. The summed E-state index contributed by atoms with van der Waals surface area (Å²) in [5.74, 6) is 1.79. The second-order valence-corrected chi connectivity index (χ2v) is 8.99. The van der Waals surface area contributed by atoms with E-state index in [1.165, 1.54) is 93.7 Å². The van der Waals surface area contributed by atoms with Gasteiger partial charge in [0.05, 0.1) is 0 Å². The number of unbranched alkanes of at least 4 members (excludes halogenated alkanes) is 4. The van der Waals surface area contributed by atoms with E-state index in [2.05, 4.69) is 62.4 Å². The first-order valence-corrected chi connectivity index (χ1v) is 12.0. The fourth-order valence-corrected chi connectivity index (χ4v) is 4.92. The van der Waals surface area contributed by atoms with Crippen LogP contribution in [0.25, 0.3) is 11.1 Å². The molecule has 1 saturated carbocycles. The van der Waals surface area contributed by atoms with Crippen LogP contribution in [0.5, 0.6) is 0 Å². The van der Waals surface area contributed by atoms with Crippen molar-refractivity contribution in [3.63, 3.8) is 0 Å². The Morgan fingerprint density at radius 1 is 0.643 bits per heavy atom. The highest BCUT2D eigenvalue weighted by Gasteiger charge is 2.22. The highest BCUT2D eigenvalue weighted by atomic mass is 14.3. The first-order valence-electron chi connectivity index (χ1n) is 12.0. The molecule has 0 spiro atoms. The van der Waals surface area contributed by atoms with Crippen molar-refractivity contribution < 1.29 is 0 Å². The average Bonchev–Trinajstić information content (AvgIpc) is 2.75. The second-order valence-electron chi connectivity index (χ2n) is 8.99. The summed E-state index contributed by atoms with van der Waals surface area (Å²) in [4.78, 5) is 0. The molecule has 0 radical (unpaired) electrons. The number of hydrogen-bond acceptors (Lipinski definition) is 0. The van der Waals surface area contributed by atoms with Gasteiger partial charge >= 0.3 is 0 Å². The summed E-state index contributed by atoms with van der Waals surface area (Å²) in [6.45, 7) is 4.55. The van der Waals surface area contributed by atoms with Crippen LogP contribution in [-0.4, -0.2) is 0 Å². The lowest BCUT2D eigenvalue weighted by Gasteiger charge is -2.29.